The van der Waals surface area contributed by atoms with E-state index in [2.05, 4.69) is 39.8 Å². The highest BCUT2D eigenvalue weighted by molar-refractivity contribution is 7.80. The Morgan fingerprint density at radius 1 is 1.15 bits per heavy atom. The predicted molar refractivity (Wildman–Crippen MR) is 135 cm³/mol. The topological polar surface area (TPSA) is 83.1 Å². The van der Waals surface area contributed by atoms with Gasteiger partial charge in [0.25, 0.3) is 0 Å². The van der Waals surface area contributed by atoms with Crippen LogP contribution >= 0.6 is 12.2 Å². The Morgan fingerprint density at radius 3 is 2.62 bits per heavy atom. The molecule has 2 aromatic rings. The summed E-state index contributed by atoms with van der Waals surface area (Å²) in [6.45, 7) is 1.47. The lowest BCUT2D eigenvalue weighted by atomic mass is 9.65. The monoisotopic (exact) mass is 483 g/mol. The molecule has 1 aliphatic carbocycles. The van der Waals surface area contributed by atoms with Gasteiger partial charge in [0, 0.05) is 24.0 Å². The Balaban J connectivity index is 1.50. The fraction of sp³-hybridized carbons (Fsp3) is 0.462. The van der Waals surface area contributed by atoms with Crippen LogP contribution in [0, 0.1) is 0 Å². The summed E-state index contributed by atoms with van der Waals surface area (Å²) in [6, 6.07) is 16.6. The van der Waals surface area contributed by atoms with E-state index in [1.165, 1.54) is 11.1 Å². The quantitative estimate of drug-likeness (QED) is 0.494. The molecule has 1 aliphatic heterocycles. The van der Waals surface area contributed by atoms with Gasteiger partial charge in [0.2, 0.25) is 0 Å². The van der Waals surface area contributed by atoms with Crippen LogP contribution in [-0.4, -0.2) is 60.5 Å². The summed E-state index contributed by atoms with van der Waals surface area (Å²) in [5, 5.41) is 17.0. The molecule has 4 rings (SSSR count). The molecule has 1 heterocycles. The number of hydrogen-bond donors (Lipinski definition) is 3. The Hall–Kier alpha value is -2.84. The van der Waals surface area contributed by atoms with E-state index >= 15 is 0 Å². The molecule has 7 nitrogen and oxygen atoms in total. The highest BCUT2D eigenvalue weighted by atomic mass is 32.1. The standard InChI is InChI=1S/C26H33N3O4S/c1-32-21-9-8-19(14-22(21)33-2)26-11-10-20(15-23(26)29(13-12-26)17-24(30)31)28-25(34)27-16-18-6-4-3-5-7-18/h3-9,14,20,23H,10-13,15-17H2,1-2H3,(H,30,31)(H2,27,28,34)/t20-,23+,26+/m1/s1. The first kappa shape index (κ1) is 24.3. The molecule has 3 N–H and O–H groups in total. The van der Waals surface area contributed by atoms with E-state index in [4.69, 9.17) is 21.7 Å². The fourth-order valence-electron chi connectivity index (χ4n) is 5.64. The number of carboxylic acid groups (broad SMARTS) is 1. The van der Waals surface area contributed by atoms with Gasteiger partial charge in [0.1, 0.15) is 0 Å². The normalized spacial score (nSPS) is 24.2. The van der Waals surface area contributed by atoms with E-state index in [0.717, 1.165) is 32.2 Å². The molecule has 8 heteroatoms. The number of hydrogen-bond acceptors (Lipinski definition) is 5. The number of thiocarbonyl (C=S) groups is 1. The second-order valence-electron chi connectivity index (χ2n) is 9.14. The molecule has 0 unspecified atom stereocenters. The Bertz CT molecular complexity index is 1020. The van der Waals surface area contributed by atoms with Crippen LogP contribution in [-0.2, 0) is 16.8 Å². The molecule has 0 spiro atoms. The van der Waals surface area contributed by atoms with Crippen molar-refractivity contribution < 1.29 is 19.4 Å². The number of ether oxygens (including phenoxy) is 2. The molecule has 2 fully saturated rings. The van der Waals surface area contributed by atoms with Crippen LogP contribution in [0.25, 0.3) is 0 Å². The van der Waals surface area contributed by atoms with E-state index in [1.54, 1.807) is 14.2 Å². The maximum absolute atomic E-state index is 11.6. The van der Waals surface area contributed by atoms with Crippen LogP contribution in [0.2, 0.25) is 0 Å². The summed E-state index contributed by atoms with van der Waals surface area (Å²) in [5.41, 5.74) is 2.24. The summed E-state index contributed by atoms with van der Waals surface area (Å²) >= 11 is 5.57. The minimum Gasteiger partial charge on any atom is -0.493 e. The van der Waals surface area contributed by atoms with Gasteiger partial charge >= 0.3 is 5.97 Å². The van der Waals surface area contributed by atoms with Crippen molar-refractivity contribution in [1.29, 1.82) is 0 Å². The predicted octanol–water partition coefficient (Wildman–Crippen LogP) is 3.32. The lowest BCUT2D eigenvalue weighted by Gasteiger charge is -2.45. The highest BCUT2D eigenvalue weighted by Crippen LogP contribution is 2.50. The van der Waals surface area contributed by atoms with Crippen molar-refractivity contribution >= 4 is 23.3 Å². The minimum atomic E-state index is -0.793. The number of aliphatic carboxylic acids is 1. The summed E-state index contributed by atoms with van der Waals surface area (Å²) < 4.78 is 11.0. The summed E-state index contributed by atoms with van der Waals surface area (Å²) in [4.78, 5) is 13.7. The van der Waals surface area contributed by atoms with Gasteiger partial charge in [-0.05, 0) is 67.7 Å². The molecule has 0 radical (unpaired) electrons. The van der Waals surface area contributed by atoms with Crippen molar-refractivity contribution in [3.05, 3.63) is 59.7 Å². The van der Waals surface area contributed by atoms with Gasteiger partial charge < -0.3 is 25.2 Å². The average Bonchev–Trinajstić information content (AvgIpc) is 3.21. The number of nitrogens with zero attached hydrogens (tertiary/aromatic N) is 1. The SMILES string of the molecule is COc1ccc([C@@]23CC[C@@H](NC(=S)NCc4ccccc4)C[C@@H]2N(CC(=O)O)CC3)cc1OC. The van der Waals surface area contributed by atoms with Gasteiger partial charge in [-0.1, -0.05) is 36.4 Å². The van der Waals surface area contributed by atoms with Crippen LogP contribution in [0.4, 0.5) is 0 Å². The van der Waals surface area contributed by atoms with Gasteiger partial charge in [0.05, 0.1) is 20.8 Å². The minimum absolute atomic E-state index is 0.0448. The lowest BCUT2D eigenvalue weighted by molar-refractivity contribution is -0.138. The number of carboxylic acids is 1. The van der Waals surface area contributed by atoms with E-state index in [1.807, 2.05) is 24.3 Å². The zero-order chi connectivity index (χ0) is 24.1. The summed E-state index contributed by atoms with van der Waals surface area (Å²) in [5.74, 6) is 0.611. The Morgan fingerprint density at radius 2 is 1.91 bits per heavy atom. The lowest BCUT2D eigenvalue weighted by Crippen LogP contribution is -2.54. The third-order valence-electron chi connectivity index (χ3n) is 7.30. The first-order valence-corrected chi connectivity index (χ1v) is 12.1. The van der Waals surface area contributed by atoms with Crippen LogP contribution in [0.5, 0.6) is 11.5 Å². The number of methoxy groups -OCH3 is 2. The van der Waals surface area contributed by atoms with E-state index in [-0.39, 0.29) is 24.0 Å². The molecule has 0 amide bonds. The first-order valence-electron chi connectivity index (χ1n) is 11.7. The molecule has 1 saturated heterocycles. The second kappa shape index (κ2) is 10.6. The third kappa shape index (κ3) is 5.13. The number of rotatable bonds is 8. The van der Waals surface area contributed by atoms with Crippen LogP contribution in [0.3, 0.4) is 0 Å². The van der Waals surface area contributed by atoms with E-state index in [0.29, 0.717) is 23.2 Å². The number of carbonyl (C=O) groups is 1. The van der Waals surface area contributed by atoms with E-state index in [9.17, 15) is 9.90 Å². The first-order chi connectivity index (χ1) is 16.4. The Labute approximate surface area is 206 Å². The average molecular weight is 484 g/mol. The number of benzene rings is 2. The molecule has 0 aromatic heterocycles. The fourth-order valence-corrected chi connectivity index (χ4v) is 5.87. The largest absolute Gasteiger partial charge is 0.493 e. The van der Waals surface area contributed by atoms with Crippen LogP contribution in [0.15, 0.2) is 48.5 Å². The molecule has 34 heavy (non-hydrogen) atoms. The van der Waals surface area contributed by atoms with Crippen molar-refractivity contribution in [2.75, 3.05) is 27.3 Å². The van der Waals surface area contributed by atoms with Crippen molar-refractivity contribution in [2.45, 2.75) is 49.7 Å². The van der Waals surface area contributed by atoms with E-state index < -0.39 is 5.97 Å². The third-order valence-corrected chi connectivity index (χ3v) is 7.56. The molecular weight excluding hydrogens is 450 g/mol. The van der Waals surface area contributed by atoms with Gasteiger partial charge in [-0.3, -0.25) is 9.69 Å². The zero-order valence-corrected chi connectivity index (χ0v) is 20.6. The smallest absolute Gasteiger partial charge is 0.317 e. The summed E-state index contributed by atoms with van der Waals surface area (Å²) in [6.07, 6.45) is 3.65. The second-order valence-corrected chi connectivity index (χ2v) is 9.55. The molecular formula is C26H33N3O4S. The van der Waals surface area contributed by atoms with Gasteiger partial charge in [0.15, 0.2) is 16.6 Å². The maximum Gasteiger partial charge on any atom is 0.317 e. The van der Waals surface area contributed by atoms with Crippen molar-refractivity contribution in [3.8, 4) is 11.5 Å². The molecule has 2 aromatic carbocycles. The van der Waals surface area contributed by atoms with Crippen LogP contribution in [0.1, 0.15) is 36.8 Å². The van der Waals surface area contributed by atoms with Gasteiger partial charge in [-0.15, -0.1) is 0 Å². The van der Waals surface area contributed by atoms with Crippen molar-refractivity contribution in [3.63, 3.8) is 0 Å². The van der Waals surface area contributed by atoms with Crippen molar-refractivity contribution in [2.24, 2.45) is 0 Å². The van der Waals surface area contributed by atoms with Gasteiger partial charge in [-0.25, -0.2) is 0 Å². The zero-order valence-electron chi connectivity index (χ0n) is 19.8. The Kier molecular flexibility index (Phi) is 7.58. The number of likely N-dealkylation sites (tertiary alicyclic amines) is 1. The molecule has 3 atom stereocenters. The molecule has 1 saturated carbocycles. The highest BCUT2D eigenvalue weighted by Gasteiger charge is 2.52. The molecule has 0 bridgehead atoms. The molecule has 182 valence electrons. The molecule has 2 aliphatic rings. The number of nitrogens with one attached hydrogen (secondary N) is 2. The van der Waals surface area contributed by atoms with Crippen LogP contribution < -0.4 is 20.1 Å². The number of fused-ring (bicyclic) bond motifs is 1. The van der Waals surface area contributed by atoms with Crippen molar-refractivity contribution in [1.82, 2.24) is 15.5 Å². The van der Waals surface area contributed by atoms with Gasteiger partial charge in [-0.2, -0.15) is 0 Å². The maximum atomic E-state index is 11.6. The summed E-state index contributed by atoms with van der Waals surface area (Å²) in [7, 11) is 3.28.